The van der Waals surface area contributed by atoms with E-state index in [0.717, 1.165) is 5.69 Å². The van der Waals surface area contributed by atoms with E-state index in [1.54, 1.807) is 13.1 Å². The molecule has 2 nitrogen and oxygen atoms in total. The lowest BCUT2D eigenvalue weighted by atomic mass is 10.1. The quantitative estimate of drug-likeness (QED) is 0.675. The van der Waals surface area contributed by atoms with Gasteiger partial charge in [0, 0.05) is 18.3 Å². The Bertz CT molecular complexity index is 390. The maximum Gasteiger partial charge on any atom is 0.263 e. The molecule has 0 saturated heterocycles. The van der Waals surface area contributed by atoms with Crippen LogP contribution in [0.1, 0.15) is 17.6 Å². The Morgan fingerprint density at radius 2 is 2.14 bits per heavy atom. The van der Waals surface area contributed by atoms with Gasteiger partial charge in [0.1, 0.15) is 0 Å². The lowest BCUT2D eigenvalue weighted by molar-refractivity contribution is -0.117. The summed E-state index contributed by atoms with van der Waals surface area (Å²) in [6, 6.07) is 4.34. The molecule has 1 amide bonds. The number of hydrogen-bond donors (Lipinski definition) is 0. The standard InChI is InChI=1S/C10H9F2NO/c1-13-8-3-2-6(10(11)12)4-7(8)5-9(13)14/h2-4,10H,5H2,1H3. The van der Waals surface area contributed by atoms with Gasteiger partial charge in [-0.3, -0.25) is 4.79 Å². The number of benzene rings is 1. The molecule has 1 aliphatic heterocycles. The second kappa shape index (κ2) is 3.04. The van der Waals surface area contributed by atoms with Crippen LogP contribution in [-0.4, -0.2) is 13.0 Å². The van der Waals surface area contributed by atoms with E-state index < -0.39 is 6.43 Å². The van der Waals surface area contributed by atoms with E-state index in [0.29, 0.717) is 5.56 Å². The summed E-state index contributed by atoms with van der Waals surface area (Å²) < 4.78 is 24.7. The first-order valence-corrected chi connectivity index (χ1v) is 4.27. The highest BCUT2D eigenvalue weighted by Crippen LogP contribution is 2.31. The van der Waals surface area contributed by atoms with Crippen LogP contribution in [0, 0.1) is 0 Å². The number of likely N-dealkylation sites (N-methyl/N-ethyl adjacent to an activating group) is 1. The topological polar surface area (TPSA) is 20.3 Å². The maximum atomic E-state index is 12.3. The molecular formula is C10H9F2NO. The number of carbonyl (C=O) groups excluding carboxylic acids is 1. The molecule has 0 saturated carbocycles. The normalized spacial score (nSPS) is 15.1. The molecule has 0 radical (unpaired) electrons. The van der Waals surface area contributed by atoms with E-state index >= 15 is 0 Å². The van der Waals surface area contributed by atoms with Gasteiger partial charge in [0.2, 0.25) is 5.91 Å². The van der Waals surface area contributed by atoms with Gasteiger partial charge in [-0.25, -0.2) is 8.78 Å². The van der Waals surface area contributed by atoms with Crippen LogP contribution in [-0.2, 0) is 11.2 Å². The summed E-state index contributed by atoms with van der Waals surface area (Å²) in [4.78, 5) is 12.7. The zero-order valence-corrected chi connectivity index (χ0v) is 7.63. The lowest BCUT2D eigenvalue weighted by Gasteiger charge is -2.10. The average molecular weight is 197 g/mol. The van der Waals surface area contributed by atoms with Crippen molar-refractivity contribution in [2.45, 2.75) is 12.8 Å². The van der Waals surface area contributed by atoms with Crippen LogP contribution in [0.2, 0.25) is 0 Å². The highest BCUT2D eigenvalue weighted by Gasteiger charge is 2.24. The molecule has 0 aromatic heterocycles. The number of nitrogens with zero attached hydrogens (tertiary/aromatic N) is 1. The van der Waals surface area contributed by atoms with E-state index in [9.17, 15) is 13.6 Å². The van der Waals surface area contributed by atoms with E-state index in [4.69, 9.17) is 0 Å². The van der Waals surface area contributed by atoms with Crippen LogP contribution in [0.25, 0.3) is 0 Å². The number of fused-ring (bicyclic) bond motifs is 1. The number of hydrogen-bond acceptors (Lipinski definition) is 1. The van der Waals surface area contributed by atoms with Crippen molar-refractivity contribution < 1.29 is 13.6 Å². The van der Waals surface area contributed by atoms with Gasteiger partial charge < -0.3 is 4.90 Å². The van der Waals surface area contributed by atoms with Crippen molar-refractivity contribution in [3.8, 4) is 0 Å². The largest absolute Gasteiger partial charge is 0.315 e. The van der Waals surface area contributed by atoms with Gasteiger partial charge in [-0.15, -0.1) is 0 Å². The monoisotopic (exact) mass is 197 g/mol. The predicted octanol–water partition coefficient (Wildman–Crippen LogP) is 2.14. The minimum atomic E-state index is -2.47. The van der Waals surface area contributed by atoms with Crippen LogP contribution in [0.3, 0.4) is 0 Å². The first-order chi connectivity index (χ1) is 6.59. The van der Waals surface area contributed by atoms with Crippen molar-refractivity contribution in [3.05, 3.63) is 29.3 Å². The Labute approximate surface area is 80.1 Å². The summed E-state index contributed by atoms with van der Waals surface area (Å²) in [6.45, 7) is 0. The molecule has 0 aliphatic carbocycles. The summed E-state index contributed by atoms with van der Waals surface area (Å²) in [5, 5.41) is 0. The first-order valence-electron chi connectivity index (χ1n) is 4.27. The van der Waals surface area contributed by atoms with E-state index in [-0.39, 0.29) is 17.9 Å². The van der Waals surface area contributed by atoms with Gasteiger partial charge in [-0.1, -0.05) is 6.07 Å². The molecule has 1 aromatic carbocycles. The van der Waals surface area contributed by atoms with E-state index in [1.165, 1.54) is 17.0 Å². The summed E-state index contributed by atoms with van der Waals surface area (Å²) >= 11 is 0. The summed E-state index contributed by atoms with van der Waals surface area (Å²) in [5.74, 6) is -0.0496. The zero-order valence-electron chi connectivity index (χ0n) is 7.63. The maximum absolute atomic E-state index is 12.3. The third-order valence-electron chi connectivity index (χ3n) is 2.43. The van der Waals surface area contributed by atoms with Crippen LogP contribution in [0.15, 0.2) is 18.2 Å². The second-order valence-corrected chi connectivity index (χ2v) is 3.32. The number of anilines is 1. The fourth-order valence-electron chi connectivity index (χ4n) is 1.63. The van der Waals surface area contributed by atoms with Crippen LogP contribution in [0.4, 0.5) is 14.5 Å². The minimum Gasteiger partial charge on any atom is -0.315 e. The van der Waals surface area contributed by atoms with Gasteiger partial charge in [0.15, 0.2) is 0 Å². The van der Waals surface area contributed by atoms with Gasteiger partial charge in [0.05, 0.1) is 6.42 Å². The van der Waals surface area contributed by atoms with Crippen molar-refractivity contribution in [2.75, 3.05) is 11.9 Å². The number of alkyl halides is 2. The molecule has 0 unspecified atom stereocenters. The summed E-state index contributed by atoms with van der Waals surface area (Å²) in [5.41, 5.74) is 1.40. The van der Waals surface area contributed by atoms with Crippen molar-refractivity contribution in [2.24, 2.45) is 0 Å². The molecule has 4 heteroatoms. The molecule has 1 aliphatic rings. The number of amides is 1. The van der Waals surface area contributed by atoms with Crippen molar-refractivity contribution in [1.29, 1.82) is 0 Å². The molecule has 0 atom stereocenters. The summed E-state index contributed by atoms with van der Waals surface area (Å²) in [6.07, 6.45) is -2.24. The Morgan fingerprint density at radius 1 is 1.43 bits per heavy atom. The summed E-state index contributed by atoms with van der Waals surface area (Å²) in [7, 11) is 1.65. The van der Waals surface area contributed by atoms with Crippen molar-refractivity contribution in [3.63, 3.8) is 0 Å². The molecule has 2 rings (SSSR count). The smallest absolute Gasteiger partial charge is 0.263 e. The molecule has 14 heavy (non-hydrogen) atoms. The average Bonchev–Trinajstić information content (AvgIpc) is 2.42. The molecule has 1 aromatic rings. The molecule has 0 fully saturated rings. The van der Waals surface area contributed by atoms with Crippen LogP contribution in [0.5, 0.6) is 0 Å². The van der Waals surface area contributed by atoms with E-state index in [1.807, 2.05) is 0 Å². The molecule has 74 valence electrons. The zero-order chi connectivity index (χ0) is 10.3. The lowest BCUT2D eigenvalue weighted by Crippen LogP contribution is -2.20. The Morgan fingerprint density at radius 3 is 2.79 bits per heavy atom. The highest BCUT2D eigenvalue weighted by molar-refractivity contribution is 6.00. The van der Waals surface area contributed by atoms with Crippen molar-refractivity contribution in [1.82, 2.24) is 0 Å². The first kappa shape index (κ1) is 9.12. The van der Waals surface area contributed by atoms with Crippen molar-refractivity contribution >= 4 is 11.6 Å². The number of rotatable bonds is 1. The third-order valence-corrected chi connectivity index (χ3v) is 2.43. The Kier molecular flexibility index (Phi) is 1.98. The van der Waals surface area contributed by atoms with Gasteiger partial charge in [-0.2, -0.15) is 0 Å². The fraction of sp³-hybridized carbons (Fsp3) is 0.300. The second-order valence-electron chi connectivity index (χ2n) is 3.32. The molecular weight excluding hydrogens is 188 g/mol. The Balaban J connectivity index is 2.44. The molecule has 1 heterocycles. The predicted molar refractivity (Wildman–Crippen MR) is 48.5 cm³/mol. The number of halogens is 2. The number of carbonyl (C=O) groups is 1. The fourth-order valence-corrected chi connectivity index (χ4v) is 1.63. The van der Waals surface area contributed by atoms with Crippen LogP contribution >= 0.6 is 0 Å². The molecule has 0 spiro atoms. The Hall–Kier alpha value is -1.45. The van der Waals surface area contributed by atoms with Crippen LogP contribution < -0.4 is 4.90 Å². The van der Waals surface area contributed by atoms with E-state index in [2.05, 4.69) is 0 Å². The van der Waals surface area contributed by atoms with Gasteiger partial charge >= 0.3 is 0 Å². The minimum absolute atomic E-state index is 0.0214. The highest BCUT2D eigenvalue weighted by atomic mass is 19.3. The molecule has 0 N–H and O–H groups in total. The van der Waals surface area contributed by atoms with Gasteiger partial charge in [0.25, 0.3) is 6.43 Å². The third kappa shape index (κ3) is 1.27. The van der Waals surface area contributed by atoms with Gasteiger partial charge in [-0.05, 0) is 17.7 Å². The molecule has 0 bridgehead atoms. The SMILES string of the molecule is CN1C(=O)Cc2cc(C(F)F)ccc21.